The van der Waals surface area contributed by atoms with E-state index in [1.807, 2.05) is 0 Å². The Labute approximate surface area is 139 Å². The van der Waals surface area contributed by atoms with E-state index in [2.05, 4.69) is 0 Å². The summed E-state index contributed by atoms with van der Waals surface area (Å²) in [6.07, 6.45) is -7.46. The molecule has 1 fully saturated rings. The maximum absolute atomic E-state index is 9.96. The largest absolute Gasteiger partial charge is 0.496 e. The lowest BCUT2D eigenvalue weighted by molar-refractivity contribution is -0.304. The van der Waals surface area contributed by atoms with E-state index >= 15 is 0 Å². The van der Waals surface area contributed by atoms with Crippen LogP contribution < -0.4 is 4.74 Å². The van der Waals surface area contributed by atoms with Crippen molar-refractivity contribution < 1.29 is 39.7 Å². The molecule has 1 saturated heterocycles. The fourth-order valence-electron chi connectivity index (χ4n) is 2.74. The number of methoxy groups -OCH3 is 1. The molecule has 0 aliphatic carbocycles. The Morgan fingerprint density at radius 3 is 2.46 bits per heavy atom. The first kappa shape index (κ1) is 19.1. The second-order valence-electron chi connectivity index (χ2n) is 5.72. The van der Waals surface area contributed by atoms with Crippen LogP contribution in [-0.2, 0) is 16.1 Å². The van der Waals surface area contributed by atoms with Gasteiger partial charge in [-0.15, -0.1) is 0 Å². The van der Waals surface area contributed by atoms with Gasteiger partial charge in [0.05, 0.1) is 26.4 Å². The molecule has 8 nitrogen and oxygen atoms in total. The summed E-state index contributed by atoms with van der Waals surface area (Å²) in [7, 11) is 1.49. The highest BCUT2D eigenvalue weighted by Gasteiger charge is 2.44. The van der Waals surface area contributed by atoms with Crippen LogP contribution in [0.1, 0.15) is 24.2 Å². The van der Waals surface area contributed by atoms with Crippen molar-refractivity contribution in [2.75, 3.05) is 13.7 Å². The first-order valence-electron chi connectivity index (χ1n) is 7.66. The average Bonchev–Trinajstić information content (AvgIpc) is 2.58. The molecule has 136 valence electrons. The van der Waals surface area contributed by atoms with E-state index in [1.54, 1.807) is 25.1 Å². The number of aliphatic hydroxyl groups is 5. The van der Waals surface area contributed by atoms with E-state index in [9.17, 15) is 25.5 Å². The van der Waals surface area contributed by atoms with E-state index < -0.39 is 43.4 Å². The lowest BCUT2D eigenvalue weighted by Gasteiger charge is -2.39. The standard InChI is InChI=1S/C16H24O8/c1-8(18)12-9(4-3-5-10(12)22-2)7-23-16-15(21)14(20)13(19)11(6-17)24-16/h3-5,8,11,13-21H,6-7H2,1-2H3/t8-,11-,13-,14+,15-,16-/m1/s1. The SMILES string of the molecule is COc1cccc(CO[C@@H]2O[C@H](CO)[C@@H](O)[C@H](O)[C@H]2O)c1[C@@H](C)O. The molecule has 0 radical (unpaired) electrons. The molecule has 0 aromatic heterocycles. The number of aliphatic hydroxyl groups excluding tert-OH is 5. The van der Waals surface area contributed by atoms with Crippen molar-refractivity contribution in [1.82, 2.24) is 0 Å². The molecule has 1 aliphatic rings. The Morgan fingerprint density at radius 2 is 1.88 bits per heavy atom. The van der Waals surface area contributed by atoms with Crippen molar-refractivity contribution in [2.45, 2.75) is 50.3 Å². The molecule has 24 heavy (non-hydrogen) atoms. The smallest absolute Gasteiger partial charge is 0.187 e. The van der Waals surface area contributed by atoms with Crippen molar-refractivity contribution in [2.24, 2.45) is 0 Å². The minimum atomic E-state index is -1.50. The first-order chi connectivity index (χ1) is 11.4. The molecule has 0 saturated carbocycles. The highest BCUT2D eigenvalue weighted by molar-refractivity contribution is 5.41. The van der Waals surface area contributed by atoms with E-state index in [1.165, 1.54) is 7.11 Å². The molecule has 0 amide bonds. The summed E-state index contributed by atoms with van der Waals surface area (Å²) >= 11 is 0. The van der Waals surface area contributed by atoms with Gasteiger partial charge in [-0.25, -0.2) is 0 Å². The fourth-order valence-corrected chi connectivity index (χ4v) is 2.74. The monoisotopic (exact) mass is 344 g/mol. The molecule has 6 atom stereocenters. The first-order valence-corrected chi connectivity index (χ1v) is 7.66. The normalized spacial score (nSPS) is 31.7. The average molecular weight is 344 g/mol. The minimum absolute atomic E-state index is 0.0277. The lowest BCUT2D eigenvalue weighted by Crippen LogP contribution is -2.59. The van der Waals surface area contributed by atoms with E-state index in [0.717, 1.165) is 0 Å². The van der Waals surface area contributed by atoms with Gasteiger partial charge in [0.1, 0.15) is 30.2 Å². The van der Waals surface area contributed by atoms with Gasteiger partial charge in [0.15, 0.2) is 6.29 Å². The molecule has 1 aliphatic heterocycles. The maximum Gasteiger partial charge on any atom is 0.187 e. The topological polar surface area (TPSA) is 129 Å². The van der Waals surface area contributed by atoms with Crippen LogP contribution in [0.3, 0.4) is 0 Å². The minimum Gasteiger partial charge on any atom is -0.496 e. The molecule has 1 aromatic rings. The van der Waals surface area contributed by atoms with Gasteiger partial charge in [0.2, 0.25) is 0 Å². The van der Waals surface area contributed by atoms with Crippen molar-refractivity contribution >= 4 is 0 Å². The maximum atomic E-state index is 9.96. The predicted molar refractivity (Wildman–Crippen MR) is 82.2 cm³/mol. The molecular weight excluding hydrogens is 320 g/mol. The quantitative estimate of drug-likeness (QED) is 0.447. The van der Waals surface area contributed by atoms with E-state index in [0.29, 0.717) is 16.9 Å². The molecule has 1 aromatic carbocycles. The number of rotatable bonds is 6. The fraction of sp³-hybridized carbons (Fsp3) is 0.625. The van der Waals surface area contributed by atoms with Crippen LogP contribution in [-0.4, -0.2) is 70.0 Å². The van der Waals surface area contributed by atoms with Crippen molar-refractivity contribution in [3.05, 3.63) is 29.3 Å². The second kappa shape index (κ2) is 8.21. The molecule has 0 unspecified atom stereocenters. The van der Waals surface area contributed by atoms with E-state index in [-0.39, 0.29) is 6.61 Å². The summed E-state index contributed by atoms with van der Waals surface area (Å²) in [4.78, 5) is 0. The number of hydrogen-bond donors (Lipinski definition) is 5. The van der Waals surface area contributed by atoms with Gasteiger partial charge in [0, 0.05) is 5.56 Å². The second-order valence-corrected chi connectivity index (χ2v) is 5.72. The Morgan fingerprint density at radius 1 is 1.17 bits per heavy atom. The Hall–Kier alpha value is -1.26. The van der Waals surface area contributed by atoms with Crippen molar-refractivity contribution in [3.8, 4) is 5.75 Å². The third-order valence-corrected chi connectivity index (χ3v) is 4.05. The summed E-state index contributed by atoms with van der Waals surface area (Å²) < 4.78 is 16.0. The Balaban J connectivity index is 2.13. The van der Waals surface area contributed by atoms with Crippen LogP contribution in [0.2, 0.25) is 0 Å². The summed E-state index contributed by atoms with van der Waals surface area (Å²) in [6.45, 7) is 1.04. The molecular formula is C16H24O8. The zero-order valence-electron chi connectivity index (χ0n) is 13.6. The van der Waals surface area contributed by atoms with Crippen molar-refractivity contribution in [3.63, 3.8) is 0 Å². The third kappa shape index (κ3) is 3.86. The zero-order chi connectivity index (χ0) is 17.9. The van der Waals surface area contributed by atoms with Gasteiger partial charge in [-0.05, 0) is 18.6 Å². The predicted octanol–water partition coefficient (Wildman–Crippen LogP) is -0.935. The summed E-state index contributed by atoms with van der Waals surface area (Å²) in [5.41, 5.74) is 1.17. The van der Waals surface area contributed by atoms with Crippen LogP contribution in [0.15, 0.2) is 18.2 Å². The van der Waals surface area contributed by atoms with Gasteiger partial charge >= 0.3 is 0 Å². The van der Waals surface area contributed by atoms with Crippen LogP contribution in [0, 0.1) is 0 Å². The molecule has 0 bridgehead atoms. The van der Waals surface area contributed by atoms with Gasteiger partial charge < -0.3 is 39.7 Å². The number of ether oxygens (including phenoxy) is 3. The third-order valence-electron chi connectivity index (χ3n) is 4.05. The number of benzene rings is 1. The summed E-state index contributed by atoms with van der Waals surface area (Å²) in [5.74, 6) is 0.500. The summed E-state index contributed by atoms with van der Waals surface area (Å²) in [5, 5.41) is 48.6. The zero-order valence-corrected chi connectivity index (χ0v) is 13.6. The summed E-state index contributed by atoms with van der Waals surface area (Å²) in [6, 6.07) is 5.17. The Kier molecular flexibility index (Phi) is 6.53. The van der Waals surface area contributed by atoms with Gasteiger partial charge in [-0.1, -0.05) is 12.1 Å². The van der Waals surface area contributed by atoms with Gasteiger partial charge in [-0.3, -0.25) is 0 Å². The van der Waals surface area contributed by atoms with Crippen LogP contribution in [0.4, 0.5) is 0 Å². The Bertz CT molecular complexity index is 533. The highest BCUT2D eigenvalue weighted by atomic mass is 16.7. The van der Waals surface area contributed by atoms with Crippen LogP contribution in [0.5, 0.6) is 5.75 Å². The van der Waals surface area contributed by atoms with Crippen LogP contribution in [0.25, 0.3) is 0 Å². The van der Waals surface area contributed by atoms with Gasteiger partial charge in [0.25, 0.3) is 0 Å². The molecule has 0 spiro atoms. The molecule has 2 rings (SSSR count). The van der Waals surface area contributed by atoms with E-state index in [4.69, 9.17) is 14.2 Å². The highest BCUT2D eigenvalue weighted by Crippen LogP contribution is 2.30. The molecule has 8 heteroatoms. The number of hydrogen-bond acceptors (Lipinski definition) is 8. The molecule has 1 heterocycles. The molecule has 5 N–H and O–H groups in total. The van der Waals surface area contributed by atoms with Crippen LogP contribution >= 0.6 is 0 Å². The van der Waals surface area contributed by atoms with Crippen molar-refractivity contribution in [1.29, 1.82) is 0 Å². The van der Waals surface area contributed by atoms with Gasteiger partial charge in [-0.2, -0.15) is 0 Å². The lowest BCUT2D eigenvalue weighted by atomic mass is 9.99.